The Labute approximate surface area is 203 Å². The minimum absolute atomic E-state index is 0.110. The van der Waals surface area contributed by atoms with E-state index in [1.807, 2.05) is 36.4 Å². The molecule has 3 aromatic carbocycles. The minimum Gasteiger partial charge on any atom is -0.496 e. The number of rotatable bonds is 9. The van der Waals surface area contributed by atoms with Crippen LogP contribution in [0.5, 0.6) is 17.2 Å². The van der Waals surface area contributed by atoms with Gasteiger partial charge in [0.2, 0.25) is 0 Å². The van der Waals surface area contributed by atoms with Crippen molar-refractivity contribution in [2.45, 2.75) is 18.4 Å². The van der Waals surface area contributed by atoms with Crippen molar-refractivity contribution in [3.05, 3.63) is 77.4 Å². The van der Waals surface area contributed by atoms with Gasteiger partial charge in [0.05, 0.1) is 33.8 Å². The summed E-state index contributed by atoms with van der Waals surface area (Å²) in [5.74, 6) is -0.0448. The lowest BCUT2D eigenvalue weighted by atomic mass is 9.98. The number of ether oxygens (including phenoxy) is 4. The highest BCUT2D eigenvalue weighted by Gasteiger charge is 2.30. The second kappa shape index (κ2) is 10.4. The van der Waals surface area contributed by atoms with E-state index >= 15 is 0 Å². The zero-order valence-electron chi connectivity index (χ0n) is 19.7. The van der Waals surface area contributed by atoms with Gasteiger partial charge in [0, 0.05) is 17.5 Å². The number of carboxylic acids is 1. The second-order valence-electron chi connectivity index (χ2n) is 8.07. The molecule has 1 aliphatic rings. The Morgan fingerprint density at radius 3 is 1.94 bits per heavy atom. The van der Waals surface area contributed by atoms with Gasteiger partial charge < -0.3 is 29.4 Å². The average Bonchev–Trinajstić information content (AvgIpc) is 3.19. The molecular weight excluding hydrogens is 450 g/mol. The number of carbonyl (C=O) groups excluding carboxylic acids is 1. The van der Waals surface area contributed by atoms with Gasteiger partial charge in [-0.15, -0.1) is 0 Å². The first kappa shape index (κ1) is 23.9. The average molecular weight is 478 g/mol. The zero-order valence-corrected chi connectivity index (χ0v) is 19.7. The predicted octanol–water partition coefficient (Wildman–Crippen LogP) is 4.77. The number of methoxy groups -OCH3 is 3. The molecular formula is C27H27NO7. The molecule has 2 N–H and O–H groups in total. The first-order valence-corrected chi connectivity index (χ1v) is 11.1. The van der Waals surface area contributed by atoms with Crippen molar-refractivity contribution in [1.82, 2.24) is 5.32 Å². The van der Waals surface area contributed by atoms with Crippen molar-refractivity contribution in [2.75, 3.05) is 27.9 Å². The van der Waals surface area contributed by atoms with Crippen LogP contribution >= 0.6 is 0 Å². The topological polar surface area (TPSA) is 103 Å². The summed E-state index contributed by atoms with van der Waals surface area (Å²) in [6.07, 6.45) is -1.11. The molecule has 0 saturated heterocycles. The summed E-state index contributed by atoms with van der Waals surface area (Å²) in [4.78, 5) is 24.4. The minimum atomic E-state index is -1.09. The van der Waals surface area contributed by atoms with E-state index in [0.29, 0.717) is 22.8 Å². The van der Waals surface area contributed by atoms with Crippen molar-refractivity contribution in [3.63, 3.8) is 0 Å². The number of nitrogens with one attached hydrogen (secondary N) is 1. The van der Waals surface area contributed by atoms with Crippen molar-refractivity contribution in [3.8, 4) is 28.4 Å². The van der Waals surface area contributed by atoms with Gasteiger partial charge in [0.1, 0.15) is 12.4 Å². The third-order valence-corrected chi connectivity index (χ3v) is 6.13. The van der Waals surface area contributed by atoms with Crippen LogP contribution in [-0.4, -0.2) is 45.1 Å². The molecule has 1 aliphatic carbocycles. The third kappa shape index (κ3) is 4.87. The van der Waals surface area contributed by atoms with E-state index in [-0.39, 0.29) is 18.9 Å². The highest BCUT2D eigenvalue weighted by molar-refractivity contribution is 5.79. The first-order valence-electron chi connectivity index (χ1n) is 11.1. The highest BCUT2D eigenvalue weighted by atomic mass is 16.5. The molecule has 35 heavy (non-hydrogen) atoms. The van der Waals surface area contributed by atoms with Gasteiger partial charge in [-0.2, -0.15) is 0 Å². The van der Waals surface area contributed by atoms with E-state index in [0.717, 1.165) is 22.3 Å². The fourth-order valence-corrected chi connectivity index (χ4v) is 4.52. The van der Waals surface area contributed by atoms with Gasteiger partial charge in [-0.3, -0.25) is 4.79 Å². The molecule has 0 spiro atoms. The monoisotopic (exact) mass is 477 g/mol. The van der Waals surface area contributed by atoms with Crippen LogP contribution in [0.4, 0.5) is 4.79 Å². The number of benzene rings is 3. The van der Waals surface area contributed by atoms with Crippen molar-refractivity contribution in [2.24, 2.45) is 0 Å². The Kier molecular flexibility index (Phi) is 7.10. The molecule has 8 nitrogen and oxygen atoms in total. The molecule has 0 fully saturated rings. The normalized spacial score (nSPS) is 12.8. The summed E-state index contributed by atoms with van der Waals surface area (Å²) in [5.41, 5.74) is 4.85. The van der Waals surface area contributed by atoms with Crippen molar-refractivity contribution >= 4 is 12.1 Å². The van der Waals surface area contributed by atoms with Crippen LogP contribution in [0.2, 0.25) is 0 Å². The fraction of sp³-hybridized carbons (Fsp3) is 0.259. The number of aliphatic carboxylic acids is 1. The maximum atomic E-state index is 12.8. The van der Waals surface area contributed by atoms with Crippen LogP contribution in [0.15, 0.2) is 60.7 Å². The predicted molar refractivity (Wildman–Crippen MR) is 129 cm³/mol. The van der Waals surface area contributed by atoms with Crippen LogP contribution in [0.1, 0.15) is 35.1 Å². The van der Waals surface area contributed by atoms with E-state index in [1.165, 1.54) is 21.3 Å². The largest absolute Gasteiger partial charge is 0.496 e. The zero-order chi connectivity index (χ0) is 24.9. The Balaban J connectivity index is 1.55. The summed E-state index contributed by atoms with van der Waals surface area (Å²) >= 11 is 0. The molecule has 0 aliphatic heterocycles. The van der Waals surface area contributed by atoms with Gasteiger partial charge >= 0.3 is 12.1 Å². The number of amides is 1. The van der Waals surface area contributed by atoms with E-state index in [4.69, 9.17) is 18.9 Å². The summed E-state index contributed by atoms with van der Waals surface area (Å²) in [6.45, 7) is 0.114. The summed E-state index contributed by atoms with van der Waals surface area (Å²) in [6, 6.07) is 18.3. The summed E-state index contributed by atoms with van der Waals surface area (Å²) in [5, 5.41) is 12.2. The van der Waals surface area contributed by atoms with Crippen molar-refractivity contribution in [1.29, 1.82) is 0 Å². The highest BCUT2D eigenvalue weighted by Crippen LogP contribution is 2.44. The number of hydrogen-bond acceptors (Lipinski definition) is 6. The number of fused-ring (bicyclic) bond motifs is 3. The number of hydrogen-bond donors (Lipinski definition) is 2. The molecule has 0 heterocycles. The molecule has 8 heteroatoms. The lowest BCUT2D eigenvalue weighted by molar-refractivity contribution is -0.137. The Hall–Kier alpha value is -4.20. The third-order valence-electron chi connectivity index (χ3n) is 6.13. The van der Waals surface area contributed by atoms with Crippen LogP contribution in [0.25, 0.3) is 11.1 Å². The lowest BCUT2D eigenvalue weighted by Crippen LogP contribution is -2.32. The Morgan fingerprint density at radius 2 is 1.40 bits per heavy atom. The number of alkyl carbamates (subject to hydrolysis) is 1. The molecule has 0 saturated carbocycles. The van der Waals surface area contributed by atoms with Crippen molar-refractivity contribution < 1.29 is 33.6 Å². The second-order valence-corrected chi connectivity index (χ2v) is 8.07. The number of carbonyl (C=O) groups is 2. The first-order chi connectivity index (χ1) is 17.0. The molecule has 0 aromatic heterocycles. The Morgan fingerprint density at radius 1 is 0.857 bits per heavy atom. The molecule has 0 radical (unpaired) electrons. The van der Waals surface area contributed by atoms with E-state index < -0.39 is 18.1 Å². The molecule has 3 aromatic rings. The molecule has 182 valence electrons. The summed E-state index contributed by atoms with van der Waals surface area (Å²) in [7, 11) is 4.41. The Bertz CT molecular complexity index is 1190. The van der Waals surface area contributed by atoms with Crippen LogP contribution in [-0.2, 0) is 9.53 Å². The maximum Gasteiger partial charge on any atom is 0.407 e. The van der Waals surface area contributed by atoms with E-state index in [2.05, 4.69) is 17.4 Å². The standard InChI is InChI=1S/C27H27NO7/c1-32-23-14-25(34-3)24(33-2)12-20(23)22(13-26(29)30)28-27(31)35-15-21-18-10-6-4-8-16(18)17-9-5-7-11-19(17)21/h4-12,14,21-22H,13,15H2,1-3H3,(H,28,31)(H,29,30)/t22-/m1/s1. The van der Waals surface area contributed by atoms with Gasteiger partial charge in [0.15, 0.2) is 11.5 Å². The number of carboxylic acid groups (broad SMARTS) is 1. The smallest absolute Gasteiger partial charge is 0.407 e. The van der Waals surface area contributed by atoms with Crippen LogP contribution < -0.4 is 19.5 Å². The molecule has 1 atom stereocenters. The molecule has 0 bridgehead atoms. The SMILES string of the molecule is COc1cc(OC)c([C@@H](CC(=O)O)NC(=O)OCC2c3ccccc3-c3ccccc32)cc1OC. The van der Waals surface area contributed by atoms with Crippen LogP contribution in [0.3, 0.4) is 0 Å². The van der Waals surface area contributed by atoms with Gasteiger partial charge in [-0.25, -0.2) is 4.79 Å². The lowest BCUT2D eigenvalue weighted by Gasteiger charge is -2.22. The fourth-order valence-electron chi connectivity index (χ4n) is 4.52. The van der Waals surface area contributed by atoms with Gasteiger partial charge in [-0.05, 0) is 28.3 Å². The van der Waals surface area contributed by atoms with E-state index in [9.17, 15) is 14.7 Å². The quantitative estimate of drug-likeness (QED) is 0.458. The summed E-state index contributed by atoms with van der Waals surface area (Å²) < 4.78 is 21.7. The van der Waals surface area contributed by atoms with Gasteiger partial charge in [0.25, 0.3) is 0 Å². The van der Waals surface area contributed by atoms with E-state index in [1.54, 1.807) is 12.1 Å². The molecule has 1 amide bonds. The molecule has 4 rings (SSSR count). The molecule has 0 unspecified atom stereocenters. The maximum absolute atomic E-state index is 12.8. The van der Waals surface area contributed by atoms with Crippen LogP contribution in [0, 0.1) is 0 Å². The van der Waals surface area contributed by atoms with Gasteiger partial charge in [-0.1, -0.05) is 48.5 Å².